The summed E-state index contributed by atoms with van der Waals surface area (Å²) in [6.07, 6.45) is 4.90. The monoisotopic (exact) mass is 221 g/mol. The van der Waals surface area contributed by atoms with Crippen LogP contribution >= 0.6 is 0 Å². The minimum atomic E-state index is 0.349. The summed E-state index contributed by atoms with van der Waals surface area (Å²) in [5, 5.41) is 12.9. The largest absolute Gasteiger partial charge is 0.508 e. The predicted octanol–water partition coefficient (Wildman–Crippen LogP) is 3.45. The molecule has 0 aliphatic rings. The number of hydrogen-bond acceptors (Lipinski definition) is 2. The molecule has 90 valence electrons. The lowest BCUT2D eigenvalue weighted by atomic mass is 10.1. The third-order valence-corrected chi connectivity index (χ3v) is 2.78. The summed E-state index contributed by atoms with van der Waals surface area (Å²) in [5.41, 5.74) is 1.15. The van der Waals surface area contributed by atoms with Crippen LogP contribution in [0.1, 0.15) is 45.1 Å². The van der Waals surface area contributed by atoms with Crippen molar-refractivity contribution in [3.05, 3.63) is 29.8 Å². The molecule has 1 aromatic carbocycles. The van der Waals surface area contributed by atoms with Crippen molar-refractivity contribution < 1.29 is 5.11 Å². The van der Waals surface area contributed by atoms with Gasteiger partial charge in [-0.1, -0.05) is 38.8 Å². The Morgan fingerprint density at radius 2 is 1.88 bits per heavy atom. The van der Waals surface area contributed by atoms with Crippen LogP contribution in [0, 0.1) is 0 Å². The fraction of sp³-hybridized carbons (Fsp3) is 0.571. The van der Waals surface area contributed by atoms with E-state index in [0.29, 0.717) is 11.8 Å². The molecule has 0 unspecified atom stereocenters. The van der Waals surface area contributed by atoms with Gasteiger partial charge in [-0.3, -0.25) is 0 Å². The van der Waals surface area contributed by atoms with Gasteiger partial charge in [-0.25, -0.2) is 0 Å². The molecule has 0 fully saturated rings. The maximum Gasteiger partial charge on any atom is 0.115 e. The van der Waals surface area contributed by atoms with Crippen LogP contribution in [0.25, 0.3) is 0 Å². The second kappa shape index (κ2) is 7.29. The summed E-state index contributed by atoms with van der Waals surface area (Å²) < 4.78 is 0. The van der Waals surface area contributed by atoms with Gasteiger partial charge in [-0.05, 0) is 30.5 Å². The molecule has 2 nitrogen and oxygen atoms in total. The van der Waals surface area contributed by atoms with E-state index < -0.39 is 0 Å². The van der Waals surface area contributed by atoms with Gasteiger partial charge < -0.3 is 10.4 Å². The molecule has 16 heavy (non-hydrogen) atoms. The smallest absolute Gasteiger partial charge is 0.115 e. The van der Waals surface area contributed by atoms with Crippen LogP contribution in [0.3, 0.4) is 0 Å². The van der Waals surface area contributed by atoms with E-state index in [1.54, 1.807) is 6.07 Å². The Morgan fingerprint density at radius 1 is 1.19 bits per heavy atom. The van der Waals surface area contributed by atoms with E-state index in [1.165, 1.54) is 25.7 Å². The van der Waals surface area contributed by atoms with Crippen molar-refractivity contribution in [1.82, 2.24) is 5.32 Å². The van der Waals surface area contributed by atoms with E-state index in [4.69, 9.17) is 0 Å². The maximum atomic E-state index is 9.36. The topological polar surface area (TPSA) is 32.3 Å². The van der Waals surface area contributed by atoms with Crippen molar-refractivity contribution in [2.24, 2.45) is 0 Å². The Balaban J connectivity index is 2.41. The minimum absolute atomic E-state index is 0.349. The molecule has 0 bridgehead atoms. The lowest BCUT2D eigenvalue weighted by Crippen LogP contribution is -2.28. The first-order chi connectivity index (χ1) is 7.76. The molecule has 0 aliphatic heterocycles. The Kier molecular flexibility index (Phi) is 5.94. The Bertz CT molecular complexity index is 293. The molecule has 0 saturated heterocycles. The molecule has 0 spiro atoms. The van der Waals surface area contributed by atoms with Crippen molar-refractivity contribution in [2.45, 2.75) is 52.1 Å². The molecule has 0 atom stereocenters. The zero-order chi connectivity index (χ0) is 11.8. The first-order valence-corrected chi connectivity index (χ1v) is 6.27. The highest BCUT2D eigenvalue weighted by Crippen LogP contribution is 2.12. The first kappa shape index (κ1) is 13.0. The zero-order valence-corrected chi connectivity index (χ0v) is 10.4. The third kappa shape index (κ3) is 4.67. The summed E-state index contributed by atoms with van der Waals surface area (Å²) in [6, 6.07) is 8.07. The fourth-order valence-electron chi connectivity index (χ4n) is 1.97. The Hall–Kier alpha value is -1.02. The predicted molar refractivity (Wildman–Crippen MR) is 68.6 cm³/mol. The van der Waals surface area contributed by atoms with Gasteiger partial charge in [0.1, 0.15) is 5.75 Å². The van der Waals surface area contributed by atoms with Gasteiger partial charge in [0, 0.05) is 12.6 Å². The van der Waals surface area contributed by atoms with E-state index >= 15 is 0 Å². The van der Waals surface area contributed by atoms with Gasteiger partial charge >= 0.3 is 0 Å². The van der Waals surface area contributed by atoms with Crippen LogP contribution in [0.5, 0.6) is 5.75 Å². The maximum absolute atomic E-state index is 9.36. The molecule has 0 aromatic heterocycles. The number of nitrogens with one attached hydrogen (secondary N) is 1. The van der Waals surface area contributed by atoms with Crippen LogP contribution in [-0.4, -0.2) is 11.1 Å². The Labute approximate surface area is 98.7 Å². The highest BCUT2D eigenvalue weighted by Gasteiger charge is 2.05. The van der Waals surface area contributed by atoms with Crippen LogP contribution in [0.2, 0.25) is 0 Å². The molecule has 0 aliphatic carbocycles. The van der Waals surface area contributed by atoms with Crippen molar-refractivity contribution in [3.63, 3.8) is 0 Å². The summed E-state index contributed by atoms with van der Waals surface area (Å²) >= 11 is 0. The number of rotatable bonds is 7. The highest BCUT2D eigenvalue weighted by molar-refractivity contribution is 5.26. The van der Waals surface area contributed by atoms with E-state index in [-0.39, 0.29) is 0 Å². The number of benzene rings is 1. The van der Waals surface area contributed by atoms with Gasteiger partial charge in [-0.2, -0.15) is 0 Å². The summed E-state index contributed by atoms with van der Waals surface area (Å²) in [6.45, 7) is 5.29. The SMILES string of the molecule is CCCC(CCC)NCc1cccc(O)c1. The fourth-order valence-corrected chi connectivity index (χ4v) is 1.97. The second-order valence-electron chi connectivity index (χ2n) is 4.33. The molecule has 0 radical (unpaired) electrons. The van der Waals surface area contributed by atoms with E-state index in [1.807, 2.05) is 18.2 Å². The van der Waals surface area contributed by atoms with Crippen molar-refractivity contribution in [3.8, 4) is 5.75 Å². The minimum Gasteiger partial charge on any atom is -0.508 e. The quantitative estimate of drug-likeness (QED) is 0.739. The molecular weight excluding hydrogens is 198 g/mol. The average molecular weight is 221 g/mol. The normalized spacial score (nSPS) is 10.9. The van der Waals surface area contributed by atoms with E-state index in [2.05, 4.69) is 19.2 Å². The lowest BCUT2D eigenvalue weighted by molar-refractivity contribution is 0.441. The van der Waals surface area contributed by atoms with Crippen LogP contribution in [-0.2, 0) is 6.54 Å². The molecule has 2 heteroatoms. The van der Waals surface area contributed by atoms with Crippen LogP contribution in [0.15, 0.2) is 24.3 Å². The van der Waals surface area contributed by atoms with Gasteiger partial charge in [0.05, 0.1) is 0 Å². The van der Waals surface area contributed by atoms with Gasteiger partial charge in [0.15, 0.2) is 0 Å². The second-order valence-corrected chi connectivity index (χ2v) is 4.33. The number of aromatic hydroxyl groups is 1. The van der Waals surface area contributed by atoms with Crippen LogP contribution < -0.4 is 5.32 Å². The van der Waals surface area contributed by atoms with E-state index in [9.17, 15) is 5.11 Å². The van der Waals surface area contributed by atoms with Crippen molar-refractivity contribution >= 4 is 0 Å². The van der Waals surface area contributed by atoms with Crippen molar-refractivity contribution in [1.29, 1.82) is 0 Å². The summed E-state index contributed by atoms with van der Waals surface area (Å²) in [4.78, 5) is 0. The Morgan fingerprint density at radius 3 is 2.44 bits per heavy atom. The zero-order valence-electron chi connectivity index (χ0n) is 10.4. The molecule has 1 rings (SSSR count). The lowest BCUT2D eigenvalue weighted by Gasteiger charge is -2.17. The molecule has 0 heterocycles. The van der Waals surface area contributed by atoms with E-state index in [0.717, 1.165) is 12.1 Å². The average Bonchev–Trinajstić information content (AvgIpc) is 2.27. The van der Waals surface area contributed by atoms with Gasteiger partial charge in [0.25, 0.3) is 0 Å². The molecule has 1 aromatic rings. The number of phenolic OH excluding ortho intramolecular Hbond substituents is 1. The molecular formula is C14H23NO. The third-order valence-electron chi connectivity index (χ3n) is 2.78. The highest BCUT2D eigenvalue weighted by atomic mass is 16.3. The first-order valence-electron chi connectivity index (χ1n) is 6.27. The summed E-state index contributed by atoms with van der Waals surface area (Å²) in [7, 11) is 0. The van der Waals surface area contributed by atoms with Gasteiger partial charge in [0.2, 0.25) is 0 Å². The molecule has 0 saturated carbocycles. The number of phenols is 1. The van der Waals surface area contributed by atoms with Gasteiger partial charge in [-0.15, -0.1) is 0 Å². The van der Waals surface area contributed by atoms with Crippen LogP contribution in [0.4, 0.5) is 0 Å². The molecule has 2 N–H and O–H groups in total. The van der Waals surface area contributed by atoms with Crippen molar-refractivity contribution in [2.75, 3.05) is 0 Å². The number of hydrogen-bond donors (Lipinski definition) is 2. The molecule has 0 amide bonds. The summed E-state index contributed by atoms with van der Waals surface area (Å²) in [5.74, 6) is 0.349. The standard InChI is InChI=1S/C14H23NO/c1-3-6-13(7-4-2)15-11-12-8-5-9-14(16)10-12/h5,8-10,13,15-16H,3-4,6-7,11H2,1-2H3.